The molecule has 0 amide bonds. The molecule has 1 aromatic carbocycles. The van der Waals surface area contributed by atoms with E-state index < -0.39 is 11.1 Å². The zero-order valence-corrected chi connectivity index (χ0v) is 9.85. The van der Waals surface area contributed by atoms with Crippen LogP contribution in [0.15, 0.2) is 24.3 Å². The molecular weight excluding hydrogens is 238 g/mol. The van der Waals surface area contributed by atoms with Crippen LogP contribution in [0.3, 0.4) is 0 Å². The molecule has 96 valence electrons. The molecule has 0 N–H and O–H groups in total. The Morgan fingerprint density at radius 2 is 1.83 bits per heavy atom. The molecule has 1 unspecified atom stereocenters. The van der Waals surface area contributed by atoms with Gasteiger partial charge in [0.25, 0.3) is 11.9 Å². The summed E-state index contributed by atoms with van der Waals surface area (Å²) in [6.07, 6.45) is 0.153. The molecule has 0 bridgehead atoms. The van der Waals surface area contributed by atoms with Crippen LogP contribution in [0.5, 0.6) is 0 Å². The number of nitrogens with zero attached hydrogens (tertiary/aromatic N) is 3. The van der Waals surface area contributed by atoms with E-state index in [1.807, 2.05) is 6.92 Å². The predicted octanol–water partition coefficient (Wildman–Crippen LogP) is 1.96. The third-order valence-electron chi connectivity index (χ3n) is 3.03. The number of non-ortho nitro benzene ring substituents is 1. The molecule has 2 rings (SSSR count). The highest BCUT2D eigenvalue weighted by Gasteiger charge is 2.58. The van der Waals surface area contributed by atoms with Crippen LogP contribution in [0.4, 0.5) is 5.69 Å². The number of hydrogen-bond donors (Lipinski definition) is 0. The summed E-state index contributed by atoms with van der Waals surface area (Å²) in [4.78, 5) is 22.4. The van der Waals surface area contributed by atoms with E-state index in [0.717, 1.165) is 12.0 Å². The van der Waals surface area contributed by atoms with E-state index in [1.54, 1.807) is 17.0 Å². The molecule has 0 radical (unpaired) electrons. The van der Waals surface area contributed by atoms with Gasteiger partial charge in [0.2, 0.25) is 0 Å². The Morgan fingerprint density at radius 3 is 2.28 bits per heavy atom. The average Bonchev–Trinajstić information content (AvgIpc) is 3.04. The minimum Gasteiger partial charge on any atom is -0.263 e. The fourth-order valence-corrected chi connectivity index (χ4v) is 2.18. The summed E-state index contributed by atoms with van der Waals surface area (Å²) in [6, 6.07) is 5.70. The quantitative estimate of drug-likeness (QED) is 0.453. The third-order valence-corrected chi connectivity index (χ3v) is 3.03. The standard InChI is InChI=1S/C11H13N3O4/c1-2-7-12-10(11(12)14(17)18)8-3-5-9(6-4-8)13(15)16/h3-6,10-11H,2,7H2,1H3/t10-,11-,12?/m1/s1. The Bertz CT molecular complexity index is 474. The van der Waals surface area contributed by atoms with Gasteiger partial charge in [-0.15, -0.1) is 0 Å². The minimum absolute atomic E-state index is 0.000838. The number of hydrogen-bond acceptors (Lipinski definition) is 5. The van der Waals surface area contributed by atoms with Crippen molar-refractivity contribution in [3.8, 4) is 0 Å². The summed E-state index contributed by atoms with van der Waals surface area (Å²) in [6.45, 7) is 2.62. The summed E-state index contributed by atoms with van der Waals surface area (Å²) in [7, 11) is 0. The third kappa shape index (κ3) is 2.17. The molecule has 1 saturated heterocycles. The van der Waals surface area contributed by atoms with Crippen LogP contribution in [-0.4, -0.2) is 27.5 Å². The van der Waals surface area contributed by atoms with Crippen LogP contribution in [0, 0.1) is 20.2 Å². The molecule has 1 aromatic rings. The molecule has 0 aromatic heterocycles. The molecule has 0 aliphatic carbocycles. The van der Waals surface area contributed by atoms with Crippen LogP contribution in [0.2, 0.25) is 0 Å². The Hall–Kier alpha value is -2.02. The van der Waals surface area contributed by atoms with Crippen molar-refractivity contribution in [3.63, 3.8) is 0 Å². The second kappa shape index (κ2) is 4.69. The fraction of sp³-hybridized carbons (Fsp3) is 0.455. The smallest absolute Gasteiger partial charge is 0.263 e. The van der Waals surface area contributed by atoms with Gasteiger partial charge in [-0.05, 0) is 12.0 Å². The van der Waals surface area contributed by atoms with Crippen LogP contribution in [0.1, 0.15) is 24.9 Å². The van der Waals surface area contributed by atoms with Gasteiger partial charge in [-0.1, -0.05) is 19.1 Å². The van der Waals surface area contributed by atoms with Gasteiger partial charge in [-0.25, -0.2) is 4.90 Å². The number of nitro groups is 2. The zero-order chi connectivity index (χ0) is 13.3. The lowest BCUT2D eigenvalue weighted by Crippen LogP contribution is -2.10. The fourth-order valence-electron chi connectivity index (χ4n) is 2.18. The van der Waals surface area contributed by atoms with Gasteiger partial charge in [0.05, 0.1) is 4.92 Å². The summed E-state index contributed by atoms with van der Waals surface area (Å²) >= 11 is 0. The first-order valence-electron chi connectivity index (χ1n) is 5.70. The predicted molar refractivity (Wildman–Crippen MR) is 63.6 cm³/mol. The molecule has 3 atom stereocenters. The molecule has 1 heterocycles. The average molecular weight is 251 g/mol. The van der Waals surface area contributed by atoms with E-state index in [9.17, 15) is 20.2 Å². The normalized spacial score (nSPS) is 25.7. The van der Waals surface area contributed by atoms with E-state index in [2.05, 4.69) is 0 Å². The van der Waals surface area contributed by atoms with E-state index in [0.29, 0.717) is 6.54 Å². The summed E-state index contributed by atoms with van der Waals surface area (Å²) in [5.41, 5.74) is 0.759. The molecule has 1 aliphatic rings. The van der Waals surface area contributed by atoms with Crippen molar-refractivity contribution in [2.45, 2.75) is 25.6 Å². The number of rotatable bonds is 5. The van der Waals surface area contributed by atoms with Gasteiger partial charge in [-0.3, -0.25) is 20.2 Å². The molecule has 1 fully saturated rings. The highest BCUT2D eigenvalue weighted by Crippen LogP contribution is 2.43. The van der Waals surface area contributed by atoms with Crippen molar-refractivity contribution in [1.29, 1.82) is 0 Å². The Kier molecular flexibility index (Phi) is 3.24. The second-order valence-corrected chi connectivity index (χ2v) is 4.23. The van der Waals surface area contributed by atoms with Gasteiger partial charge in [0.15, 0.2) is 0 Å². The van der Waals surface area contributed by atoms with E-state index in [4.69, 9.17) is 0 Å². The lowest BCUT2D eigenvalue weighted by Gasteiger charge is -1.98. The van der Waals surface area contributed by atoms with Crippen molar-refractivity contribution in [2.75, 3.05) is 6.54 Å². The van der Waals surface area contributed by atoms with E-state index in [1.165, 1.54) is 12.1 Å². The maximum atomic E-state index is 10.9. The first-order valence-corrected chi connectivity index (χ1v) is 5.70. The zero-order valence-electron chi connectivity index (χ0n) is 9.85. The highest BCUT2D eigenvalue weighted by atomic mass is 16.6. The van der Waals surface area contributed by atoms with Crippen LogP contribution < -0.4 is 0 Å². The molecule has 7 heteroatoms. The second-order valence-electron chi connectivity index (χ2n) is 4.23. The molecule has 0 spiro atoms. The molecular formula is C11H13N3O4. The largest absolute Gasteiger partial charge is 0.289 e. The van der Waals surface area contributed by atoms with Crippen molar-refractivity contribution in [2.24, 2.45) is 0 Å². The van der Waals surface area contributed by atoms with Gasteiger partial charge in [-0.2, -0.15) is 0 Å². The van der Waals surface area contributed by atoms with Crippen molar-refractivity contribution in [1.82, 2.24) is 4.90 Å². The summed E-state index contributed by atoms with van der Waals surface area (Å²) < 4.78 is 0. The van der Waals surface area contributed by atoms with Crippen LogP contribution >= 0.6 is 0 Å². The first-order chi connectivity index (χ1) is 8.56. The topological polar surface area (TPSA) is 89.3 Å². The van der Waals surface area contributed by atoms with Gasteiger partial charge in [0.1, 0.15) is 6.04 Å². The van der Waals surface area contributed by atoms with Crippen LogP contribution in [0.25, 0.3) is 0 Å². The minimum atomic E-state index is -0.689. The van der Waals surface area contributed by atoms with Crippen molar-refractivity contribution < 1.29 is 9.85 Å². The van der Waals surface area contributed by atoms with Crippen molar-refractivity contribution in [3.05, 3.63) is 50.1 Å². The van der Waals surface area contributed by atoms with E-state index in [-0.39, 0.29) is 16.7 Å². The van der Waals surface area contributed by atoms with Gasteiger partial charge in [0, 0.05) is 23.6 Å². The Labute approximate surface area is 103 Å². The van der Waals surface area contributed by atoms with Gasteiger partial charge < -0.3 is 0 Å². The Morgan fingerprint density at radius 1 is 1.22 bits per heavy atom. The SMILES string of the molecule is CCCN1[C@H](c2ccc([N+](=O)[O-])cc2)[C@H]1[N+](=O)[O-]. The lowest BCUT2D eigenvalue weighted by molar-refractivity contribution is -0.507. The maximum Gasteiger partial charge on any atom is 0.289 e. The van der Waals surface area contributed by atoms with Crippen molar-refractivity contribution >= 4 is 5.69 Å². The summed E-state index contributed by atoms with van der Waals surface area (Å²) in [5, 5.41) is 21.4. The van der Waals surface area contributed by atoms with Crippen LogP contribution in [-0.2, 0) is 0 Å². The number of benzene rings is 1. The number of nitro benzene ring substituents is 1. The molecule has 7 nitrogen and oxygen atoms in total. The van der Waals surface area contributed by atoms with E-state index >= 15 is 0 Å². The lowest BCUT2D eigenvalue weighted by atomic mass is 10.1. The Balaban J connectivity index is 2.16. The molecule has 1 aliphatic heterocycles. The first kappa shape index (κ1) is 12.4. The van der Waals surface area contributed by atoms with Gasteiger partial charge >= 0.3 is 0 Å². The molecule has 0 saturated carbocycles. The monoisotopic (exact) mass is 251 g/mol. The highest BCUT2D eigenvalue weighted by molar-refractivity contribution is 5.36. The maximum absolute atomic E-state index is 10.9. The summed E-state index contributed by atoms with van der Waals surface area (Å²) in [5.74, 6) is 0. The molecule has 18 heavy (non-hydrogen) atoms.